The van der Waals surface area contributed by atoms with Crippen molar-refractivity contribution < 1.29 is 9.50 Å². The maximum atomic E-state index is 15.2. The van der Waals surface area contributed by atoms with Crippen molar-refractivity contribution >= 4 is 10.8 Å². The Morgan fingerprint density at radius 3 is 2.39 bits per heavy atom. The molecule has 0 aliphatic carbocycles. The summed E-state index contributed by atoms with van der Waals surface area (Å²) in [6, 6.07) is 10.7. The number of aliphatic hydroxyl groups is 1. The molecule has 0 aliphatic rings. The summed E-state index contributed by atoms with van der Waals surface area (Å²) in [4.78, 5) is 17.8. The van der Waals surface area contributed by atoms with Crippen molar-refractivity contribution in [2.75, 3.05) is 0 Å². The Balaban J connectivity index is 2.02. The number of pyridine rings is 1. The number of aliphatic hydroxyl groups excluding tert-OH is 1. The minimum Gasteiger partial charge on any atom is -0.385 e. The SMILES string of the molecule is Cc1ccccc1-n1cc(C(C)C)c2cc(-c3cn(C)c([C@@H](C)O)n3)c(F)cc2c1=O. The van der Waals surface area contributed by atoms with E-state index in [2.05, 4.69) is 18.8 Å². The summed E-state index contributed by atoms with van der Waals surface area (Å²) in [6.07, 6.45) is 2.78. The highest BCUT2D eigenvalue weighted by Gasteiger charge is 2.19. The lowest BCUT2D eigenvalue weighted by atomic mass is 9.95. The number of benzene rings is 2. The first-order valence-corrected chi connectivity index (χ1v) is 10.4. The standard InChI is InChI=1S/C25H26FN3O2/c1-14(2)20-12-29(23-9-7-6-8-15(23)3)25(31)18-11-21(26)19(10-17(18)20)22-13-28(5)24(27-22)16(4)30/h6-14,16,30H,1-5H3/t16-/m1/s1. The van der Waals surface area contributed by atoms with Gasteiger partial charge in [0.25, 0.3) is 5.56 Å². The van der Waals surface area contributed by atoms with Crippen LogP contribution in [0.25, 0.3) is 27.7 Å². The van der Waals surface area contributed by atoms with E-state index in [1.54, 1.807) is 35.4 Å². The predicted octanol–water partition coefficient (Wildman–Crippen LogP) is 5.02. The summed E-state index contributed by atoms with van der Waals surface area (Å²) >= 11 is 0. The van der Waals surface area contributed by atoms with Gasteiger partial charge in [0.2, 0.25) is 0 Å². The third-order valence-corrected chi connectivity index (χ3v) is 5.69. The quantitative estimate of drug-likeness (QED) is 0.506. The minimum absolute atomic E-state index is 0.119. The molecule has 0 bridgehead atoms. The molecule has 4 aromatic rings. The van der Waals surface area contributed by atoms with Gasteiger partial charge in [-0.1, -0.05) is 32.0 Å². The van der Waals surface area contributed by atoms with Gasteiger partial charge in [0, 0.05) is 25.0 Å². The van der Waals surface area contributed by atoms with Gasteiger partial charge in [-0.05, 0) is 54.5 Å². The maximum Gasteiger partial charge on any atom is 0.263 e. The monoisotopic (exact) mass is 419 g/mol. The van der Waals surface area contributed by atoms with Gasteiger partial charge in [-0.25, -0.2) is 9.37 Å². The van der Waals surface area contributed by atoms with E-state index >= 15 is 4.39 Å². The molecule has 1 N–H and O–H groups in total. The Kier molecular flexibility index (Phi) is 5.27. The van der Waals surface area contributed by atoms with Crippen molar-refractivity contribution in [1.82, 2.24) is 14.1 Å². The zero-order valence-corrected chi connectivity index (χ0v) is 18.3. The van der Waals surface area contributed by atoms with Crippen molar-refractivity contribution in [3.8, 4) is 16.9 Å². The minimum atomic E-state index is -0.769. The number of hydrogen-bond donors (Lipinski definition) is 1. The molecule has 1 atom stereocenters. The third-order valence-electron chi connectivity index (χ3n) is 5.69. The molecule has 0 radical (unpaired) electrons. The van der Waals surface area contributed by atoms with Crippen molar-refractivity contribution in [2.24, 2.45) is 7.05 Å². The number of para-hydroxylation sites is 1. The van der Waals surface area contributed by atoms with Crippen LogP contribution in [0.4, 0.5) is 4.39 Å². The summed E-state index contributed by atoms with van der Waals surface area (Å²) in [5.74, 6) is 0.0547. The molecule has 0 saturated carbocycles. The lowest BCUT2D eigenvalue weighted by Crippen LogP contribution is -2.20. The molecule has 4 rings (SSSR count). The Morgan fingerprint density at radius 2 is 1.77 bits per heavy atom. The van der Waals surface area contributed by atoms with Gasteiger partial charge in [-0.15, -0.1) is 0 Å². The fourth-order valence-corrected chi connectivity index (χ4v) is 4.05. The van der Waals surface area contributed by atoms with E-state index in [0.29, 0.717) is 27.9 Å². The molecule has 2 aromatic carbocycles. The highest BCUT2D eigenvalue weighted by Crippen LogP contribution is 2.32. The average Bonchev–Trinajstić information content (AvgIpc) is 3.10. The van der Waals surface area contributed by atoms with Crippen LogP contribution in [-0.4, -0.2) is 19.2 Å². The van der Waals surface area contributed by atoms with Crippen molar-refractivity contribution in [3.63, 3.8) is 0 Å². The van der Waals surface area contributed by atoms with Crippen molar-refractivity contribution in [1.29, 1.82) is 0 Å². The fourth-order valence-electron chi connectivity index (χ4n) is 4.05. The number of nitrogens with zero attached hydrogens (tertiary/aromatic N) is 3. The van der Waals surface area contributed by atoms with E-state index in [9.17, 15) is 9.90 Å². The van der Waals surface area contributed by atoms with E-state index in [-0.39, 0.29) is 11.5 Å². The van der Waals surface area contributed by atoms with E-state index in [4.69, 9.17) is 0 Å². The zero-order valence-electron chi connectivity index (χ0n) is 18.3. The first-order chi connectivity index (χ1) is 14.7. The van der Waals surface area contributed by atoms with E-state index in [1.165, 1.54) is 6.07 Å². The fraction of sp³-hybridized carbons (Fsp3) is 0.280. The second-order valence-electron chi connectivity index (χ2n) is 8.35. The molecule has 0 amide bonds. The number of imidazole rings is 1. The lowest BCUT2D eigenvalue weighted by Gasteiger charge is -2.17. The number of rotatable bonds is 4. The van der Waals surface area contributed by atoms with Gasteiger partial charge < -0.3 is 9.67 Å². The van der Waals surface area contributed by atoms with Gasteiger partial charge in [0.1, 0.15) is 17.7 Å². The molecule has 6 heteroatoms. The van der Waals surface area contributed by atoms with Crippen LogP contribution >= 0.6 is 0 Å². The maximum absolute atomic E-state index is 15.2. The summed E-state index contributed by atoms with van der Waals surface area (Å²) in [7, 11) is 1.76. The van der Waals surface area contributed by atoms with Crippen LogP contribution in [0.5, 0.6) is 0 Å². The summed E-state index contributed by atoms with van der Waals surface area (Å²) in [5, 5.41) is 10.9. The highest BCUT2D eigenvalue weighted by molar-refractivity contribution is 5.89. The molecule has 0 aliphatic heterocycles. The molecule has 2 aromatic heterocycles. The third kappa shape index (κ3) is 3.57. The van der Waals surface area contributed by atoms with Crippen molar-refractivity contribution in [2.45, 2.75) is 39.7 Å². The molecule has 5 nitrogen and oxygen atoms in total. The Hall–Kier alpha value is -3.25. The van der Waals surface area contributed by atoms with Gasteiger partial charge in [-0.3, -0.25) is 9.36 Å². The van der Waals surface area contributed by atoms with Crippen LogP contribution in [-0.2, 0) is 7.05 Å². The van der Waals surface area contributed by atoms with E-state index < -0.39 is 11.9 Å². The molecular weight excluding hydrogens is 393 g/mol. The van der Waals surface area contributed by atoms with E-state index in [1.807, 2.05) is 37.4 Å². The van der Waals surface area contributed by atoms with Crippen LogP contribution in [0.1, 0.15) is 49.7 Å². The first-order valence-electron chi connectivity index (χ1n) is 10.4. The number of hydrogen-bond acceptors (Lipinski definition) is 3. The summed E-state index contributed by atoms with van der Waals surface area (Å²) < 4.78 is 18.5. The number of aromatic nitrogens is 3. The Labute approximate surface area is 180 Å². The Morgan fingerprint density at radius 1 is 1.06 bits per heavy atom. The zero-order chi connectivity index (χ0) is 22.4. The van der Waals surface area contributed by atoms with Gasteiger partial charge in [-0.2, -0.15) is 0 Å². The smallest absolute Gasteiger partial charge is 0.263 e. The molecule has 2 heterocycles. The normalized spacial score (nSPS) is 12.6. The second-order valence-corrected chi connectivity index (χ2v) is 8.35. The number of aryl methyl sites for hydroxylation is 2. The number of fused-ring (bicyclic) bond motifs is 1. The van der Waals surface area contributed by atoms with Crippen LogP contribution in [0, 0.1) is 12.7 Å². The predicted molar refractivity (Wildman–Crippen MR) is 121 cm³/mol. The molecule has 160 valence electrons. The molecule has 0 fully saturated rings. The van der Waals surface area contributed by atoms with Gasteiger partial charge in [0.15, 0.2) is 0 Å². The Bertz CT molecular complexity index is 1350. The van der Waals surface area contributed by atoms with Crippen molar-refractivity contribution in [3.05, 3.63) is 81.9 Å². The van der Waals surface area contributed by atoms with Crippen LogP contribution in [0.15, 0.2) is 53.6 Å². The molecule has 31 heavy (non-hydrogen) atoms. The second kappa shape index (κ2) is 7.78. The average molecular weight is 420 g/mol. The summed E-state index contributed by atoms with van der Waals surface area (Å²) in [5.41, 5.74) is 3.18. The molecule has 0 saturated heterocycles. The first kappa shape index (κ1) is 21.0. The van der Waals surface area contributed by atoms with Crippen LogP contribution in [0.2, 0.25) is 0 Å². The van der Waals surface area contributed by atoms with E-state index in [0.717, 1.165) is 16.8 Å². The van der Waals surface area contributed by atoms with Crippen LogP contribution < -0.4 is 5.56 Å². The largest absolute Gasteiger partial charge is 0.385 e. The van der Waals surface area contributed by atoms with Gasteiger partial charge in [0.05, 0.1) is 16.8 Å². The van der Waals surface area contributed by atoms with Crippen LogP contribution in [0.3, 0.4) is 0 Å². The topological polar surface area (TPSA) is 60.1 Å². The number of halogens is 1. The highest BCUT2D eigenvalue weighted by atomic mass is 19.1. The molecule has 0 unspecified atom stereocenters. The van der Waals surface area contributed by atoms with Gasteiger partial charge >= 0.3 is 0 Å². The summed E-state index contributed by atoms with van der Waals surface area (Å²) in [6.45, 7) is 7.67. The molecule has 0 spiro atoms. The molecular formula is C25H26FN3O2. The lowest BCUT2D eigenvalue weighted by molar-refractivity contribution is 0.185.